The van der Waals surface area contributed by atoms with Crippen LogP contribution < -0.4 is 5.32 Å². The van der Waals surface area contributed by atoms with E-state index in [-0.39, 0.29) is 36.0 Å². The monoisotopic (exact) mass is 467 g/mol. The van der Waals surface area contributed by atoms with Gasteiger partial charge in [-0.2, -0.15) is 0 Å². The summed E-state index contributed by atoms with van der Waals surface area (Å²) in [5.41, 5.74) is -1.43. The number of amides is 2. The van der Waals surface area contributed by atoms with Crippen molar-refractivity contribution in [2.45, 2.75) is 51.0 Å². The van der Waals surface area contributed by atoms with Crippen LogP contribution in [-0.2, 0) is 16.1 Å². The lowest BCUT2D eigenvalue weighted by molar-refractivity contribution is -0.136. The highest BCUT2D eigenvalue weighted by molar-refractivity contribution is 6.00. The Hall–Kier alpha value is -3.05. The van der Waals surface area contributed by atoms with Gasteiger partial charge in [-0.05, 0) is 32.8 Å². The second-order valence-corrected chi connectivity index (χ2v) is 9.07. The van der Waals surface area contributed by atoms with E-state index in [0.717, 1.165) is 12.1 Å². The van der Waals surface area contributed by atoms with E-state index >= 15 is 0 Å². The summed E-state index contributed by atoms with van der Waals surface area (Å²) < 4.78 is 40.5. The molecule has 2 amide bonds. The molecule has 1 aromatic rings. The van der Waals surface area contributed by atoms with E-state index < -0.39 is 53.3 Å². The number of aliphatic hydroxyl groups is 3. The molecule has 8 nitrogen and oxygen atoms in total. The molecule has 2 atom stereocenters. The van der Waals surface area contributed by atoms with Crippen molar-refractivity contribution in [1.29, 1.82) is 0 Å². The summed E-state index contributed by atoms with van der Waals surface area (Å²) in [5.74, 6) is -6.56. The van der Waals surface area contributed by atoms with Gasteiger partial charge in [-0.3, -0.25) is 9.59 Å². The SMILES string of the molecule is CC(C)(O)CN1C[C@@H]2CCC3=C(C(=O)NCc4ccc(F)c(F)c4F)C(O)C(O)=C(C1=O)N32. The fourth-order valence-corrected chi connectivity index (χ4v) is 4.61. The quantitative estimate of drug-likeness (QED) is 0.484. The first kappa shape index (κ1) is 23.1. The Labute approximate surface area is 187 Å². The number of nitrogens with one attached hydrogen (secondary N) is 1. The number of halogens is 3. The Morgan fingerprint density at radius 3 is 2.61 bits per heavy atom. The Balaban J connectivity index is 1.60. The summed E-state index contributed by atoms with van der Waals surface area (Å²) in [4.78, 5) is 28.8. The van der Waals surface area contributed by atoms with E-state index in [4.69, 9.17) is 0 Å². The number of hydrogen-bond acceptors (Lipinski definition) is 6. The molecule has 2 saturated heterocycles. The lowest BCUT2D eigenvalue weighted by atomic mass is 9.95. The Morgan fingerprint density at radius 2 is 1.94 bits per heavy atom. The molecule has 1 unspecified atom stereocenters. The first-order valence-corrected chi connectivity index (χ1v) is 10.5. The van der Waals surface area contributed by atoms with Crippen molar-refractivity contribution in [1.82, 2.24) is 15.1 Å². The standard InChI is InChI=1S/C22H24F3N3O5/c1-22(2,33)9-27-8-11-4-6-13-14(18(29)19(30)17(21(27)32)28(11)13)20(31)26-7-10-3-5-12(23)16(25)15(10)24/h3,5,11,18,29-30,33H,4,6-9H2,1-2H3,(H,26,31)/t11-,18?/m0/s1. The van der Waals surface area contributed by atoms with E-state index in [1.165, 1.54) is 9.80 Å². The summed E-state index contributed by atoms with van der Waals surface area (Å²) >= 11 is 0. The van der Waals surface area contributed by atoms with Gasteiger partial charge in [0.2, 0.25) is 0 Å². The third kappa shape index (κ3) is 3.95. The number of nitrogens with zero attached hydrogens (tertiary/aromatic N) is 2. The maximum absolute atomic E-state index is 13.9. The van der Waals surface area contributed by atoms with Crippen LogP contribution in [0.2, 0.25) is 0 Å². The van der Waals surface area contributed by atoms with Crippen molar-refractivity contribution in [2.24, 2.45) is 0 Å². The van der Waals surface area contributed by atoms with Gasteiger partial charge in [0.1, 0.15) is 11.8 Å². The van der Waals surface area contributed by atoms with Crippen LogP contribution in [0.25, 0.3) is 0 Å². The van der Waals surface area contributed by atoms with Gasteiger partial charge in [0.25, 0.3) is 11.8 Å². The number of carbonyl (C=O) groups excluding carboxylic acids is 2. The molecular formula is C22H24F3N3O5. The smallest absolute Gasteiger partial charge is 0.274 e. The van der Waals surface area contributed by atoms with Crippen LogP contribution in [-0.4, -0.2) is 67.8 Å². The van der Waals surface area contributed by atoms with Gasteiger partial charge in [-0.1, -0.05) is 6.07 Å². The first-order valence-electron chi connectivity index (χ1n) is 10.5. The number of allylic oxidation sites excluding steroid dienone is 1. The van der Waals surface area contributed by atoms with Crippen molar-refractivity contribution in [3.05, 3.63) is 57.9 Å². The average molecular weight is 467 g/mol. The van der Waals surface area contributed by atoms with Crippen molar-refractivity contribution < 1.29 is 38.1 Å². The lowest BCUT2D eigenvalue weighted by Crippen LogP contribution is -2.57. The zero-order valence-corrected chi connectivity index (χ0v) is 18.0. The van der Waals surface area contributed by atoms with Crippen LogP contribution in [0, 0.1) is 17.5 Å². The molecule has 0 radical (unpaired) electrons. The molecule has 3 aliphatic heterocycles. The topological polar surface area (TPSA) is 113 Å². The molecule has 4 rings (SSSR count). The van der Waals surface area contributed by atoms with E-state index in [1.54, 1.807) is 13.8 Å². The highest BCUT2D eigenvalue weighted by atomic mass is 19.2. The van der Waals surface area contributed by atoms with Crippen LogP contribution in [0.5, 0.6) is 0 Å². The molecule has 0 aliphatic carbocycles. The molecule has 33 heavy (non-hydrogen) atoms. The van der Waals surface area contributed by atoms with E-state index in [2.05, 4.69) is 5.32 Å². The molecule has 11 heteroatoms. The molecule has 2 fully saturated rings. The van der Waals surface area contributed by atoms with Crippen LogP contribution >= 0.6 is 0 Å². The van der Waals surface area contributed by atoms with Gasteiger partial charge in [0, 0.05) is 30.9 Å². The molecular weight excluding hydrogens is 443 g/mol. The highest BCUT2D eigenvalue weighted by Gasteiger charge is 2.50. The van der Waals surface area contributed by atoms with Gasteiger partial charge in [0.05, 0.1) is 17.2 Å². The molecule has 0 spiro atoms. The average Bonchev–Trinajstić information content (AvgIpc) is 3.13. The number of piperazine rings is 1. The summed E-state index contributed by atoms with van der Waals surface area (Å²) in [6.07, 6.45) is -0.932. The lowest BCUT2D eigenvalue weighted by Gasteiger charge is -2.44. The fourth-order valence-electron chi connectivity index (χ4n) is 4.61. The number of aliphatic hydroxyl groups excluding tert-OH is 2. The molecule has 0 bridgehead atoms. The van der Waals surface area contributed by atoms with E-state index in [9.17, 15) is 38.1 Å². The molecule has 4 N–H and O–H groups in total. The molecule has 3 heterocycles. The molecule has 1 aromatic carbocycles. The minimum absolute atomic E-state index is 0.0230. The number of benzene rings is 1. The van der Waals surface area contributed by atoms with Crippen molar-refractivity contribution in [3.8, 4) is 0 Å². The van der Waals surface area contributed by atoms with Crippen LogP contribution in [0.15, 0.2) is 34.9 Å². The maximum atomic E-state index is 13.9. The number of rotatable bonds is 5. The minimum Gasteiger partial charge on any atom is -0.507 e. The highest BCUT2D eigenvalue weighted by Crippen LogP contribution is 2.43. The second kappa shape index (κ2) is 8.07. The van der Waals surface area contributed by atoms with Gasteiger partial charge in [-0.25, -0.2) is 13.2 Å². The van der Waals surface area contributed by atoms with Crippen LogP contribution in [0.1, 0.15) is 32.3 Å². The fraction of sp³-hybridized carbons (Fsp3) is 0.455. The summed E-state index contributed by atoms with van der Waals surface area (Å²) in [7, 11) is 0. The summed E-state index contributed by atoms with van der Waals surface area (Å²) in [5, 5.41) is 33.8. The number of β-amino-alcohol motifs (C(OH)–C–C–N with tert-alkyl or cyclic N) is 1. The second-order valence-electron chi connectivity index (χ2n) is 9.07. The van der Waals surface area contributed by atoms with Crippen LogP contribution in [0.4, 0.5) is 13.2 Å². The molecule has 0 saturated carbocycles. The Kier molecular flexibility index (Phi) is 5.65. The Bertz CT molecular complexity index is 1100. The van der Waals surface area contributed by atoms with E-state index in [1.807, 2.05) is 0 Å². The summed E-state index contributed by atoms with van der Waals surface area (Å²) in [6.45, 7) is 2.90. The van der Waals surface area contributed by atoms with Gasteiger partial charge in [0.15, 0.2) is 23.2 Å². The van der Waals surface area contributed by atoms with Crippen molar-refractivity contribution >= 4 is 11.8 Å². The van der Waals surface area contributed by atoms with Gasteiger partial charge in [-0.15, -0.1) is 0 Å². The number of carbonyl (C=O) groups is 2. The number of hydrogen-bond donors (Lipinski definition) is 4. The molecule has 0 aromatic heterocycles. The predicted octanol–water partition coefficient (Wildman–Crippen LogP) is 1.20. The third-order valence-electron chi connectivity index (χ3n) is 6.00. The summed E-state index contributed by atoms with van der Waals surface area (Å²) in [6, 6.07) is 1.46. The zero-order chi connectivity index (χ0) is 24.2. The minimum atomic E-state index is -1.80. The first-order chi connectivity index (χ1) is 15.4. The maximum Gasteiger partial charge on any atom is 0.274 e. The zero-order valence-electron chi connectivity index (χ0n) is 18.0. The van der Waals surface area contributed by atoms with Crippen molar-refractivity contribution in [2.75, 3.05) is 13.1 Å². The normalized spacial score (nSPS) is 22.8. The molecule has 178 valence electrons. The third-order valence-corrected chi connectivity index (χ3v) is 6.00. The molecule has 3 aliphatic rings. The Morgan fingerprint density at radius 1 is 1.24 bits per heavy atom. The predicted molar refractivity (Wildman–Crippen MR) is 109 cm³/mol. The van der Waals surface area contributed by atoms with Gasteiger partial charge >= 0.3 is 0 Å². The van der Waals surface area contributed by atoms with Gasteiger partial charge < -0.3 is 30.4 Å². The van der Waals surface area contributed by atoms with E-state index in [0.29, 0.717) is 18.5 Å². The van der Waals surface area contributed by atoms with Crippen molar-refractivity contribution in [3.63, 3.8) is 0 Å². The largest absolute Gasteiger partial charge is 0.507 e. The van der Waals surface area contributed by atoms with Crippen LogP contribution in [0.3, 0.4) is 0 Å².